The van der Waals surface area contributed by atoms with Crippen LogP contribution >= 0.6 is 11.8 Å². The highest BCUT2D eigenvalue weighted by atomic mass is 32.2. The molecule has 1 heterocycles. The Morgan fingerprint density at radius 3 is 2.74 bits per heavy atom. The molecule has 0 aromatic carbocycles. The van der Waals surface area contributed by atoms with Gasteiger partial charge in [-0.25, -0.2) is 0 Å². The number of likely N-dealkylation sites (N-methyl/N-ethyl adjacent to an activating group) is 1. The van der Waals surface area contributed by atoms with Gasteiger partial charge < -0.3 is 10.2 Å². The van der Waals surface area contributed by atoms with Crippen LogP contribution in [0.5, 0.6) is 0 Å². The van der Waals surface area contributed by atoms with E-state index < -0.39 is 0 Å². The van der Waals surface area contributed by atoms with E-state index in [0.29, 0.717) is 5.41 Å². The smallest absolute Gasteiger partial charge is 0.244 e. The van der Waals surface area contributed by atoms with Gasteiger partial charge in [0.25, 0.3) is 0 Å². The highest BCUT2D eigenvalue weighted by Crippen LogP contribution is 2.43. The zero-order chi connectivity index (χ0) is 13.9. The lowest BCUT2D eigenvalue weighted by molar-refractivity contribution is -0.131. The lowest BCUT2D eigenvalue weighted by Gasteiger charge is -2.32. The molecule has 1 spiro atoms. The predicted molar refractivity (Wildman–Crippen MR) is 81.6 cm³/mol. The molecule has 108 valence electrons. The third-order valence-electron chi connectivity index (χ3n) is 4.30. The maximum atomic E-state index is 12.0. The molecule has 2 aliphatic rings. The molecule has 0 radical (unpaired) electrons. The van der Waals surface area contributed by atoms with Crippen molar-refractivity contribution < 1.29 is 4.79 Å². The first-order valence-electron chi connectivity index (χ1n) is 7.25. The number of aliphatic imine (C=N–C) groups is 1. The van der Waals surface area contributed by atoms with E-state index in [2.05, 4.69) is 10.3 Å². The van der Waals surface area contributed by atoms with Gasteiger partial charge in [-0.3, -0.25) is 9.79 Å². The van der Waals surface area contributed by atoms with E-state index in [-0.39, 0.29) is 11.9 Å². The second-order valence-corrected chi connectivity index (χ2v) is 6.80. The Hall–Kier alpha value is -0.710. The highest BCUT2D eigenvalue weighted by molar-refractivity contribution is 8.13. The topological polar surface area (TPSA) is 44.7 Å². The third-order valence-corrected chi connectivity index (χ3v) is 5.58. The van der Waals surface area contributed by atoms with Crippen molar-refractivity contribution in [2.24, 2.45) is 10.4 Å². The van der Waals surface area contributed by atoms with E-state index >= 15 is 0 Å². The van der Waals surface area contributed by atoms with E-state index in [1.165, 1.54) is 25.7 Å². The standard InChI is InChI=1S/C14H25N3OS/c1-4-17(3)12(18)11(2)16-13-15-9-14(10-19-13)7-5-6-8-14/h11H,4-10H2,1-3H3,(H,15,16). The van der Waals surface area contributed by atoms with E-state index in [1.807, 2.05) is 20.9 Å². The van der Waals surface area contributed by atoms with Gasteiger partial charge in [0.1, 0.15) is 6.04 Å². The molecule has 0 saturated heterocycles. The number of carbonyl (C=O) groups excluding carboxylic acids is 1. The minimum Gasteiger partial charge on any atom is -0.353 e. The van der Waals surface area contributed by atoms with Crippen LogP contribution in [-0.4, -0.2) is 47.9 Å². The lowest BCUT2D eigenvalue weighted by atomic mass is 9.89. The van der Waals surface area contributed by atoms with Crippen molar-refractivity contribution in [1.29, 1.82) is 0 Å². The molecular formula is C14H25N3OS. The fourth-order valence-electron chi connectivity index (χ4n) is 2.80. The molecule has 19 heavy (non-hydrogen) atoms. The van der Waals surface area contributed by atoms with Crippen LogP contribution in [0.15, 0.2) is 4.99 Å². The van der Waals surface area contributed by atoms with Gasteiger partial charge >= 0.3 is 0 Å². The van der Waals surface area contributed by atoms with Gasteiger partial charge in [0.2, 0.25) is 5.91 Å². The fraction of sp³-hybridized carbons (Fsp3) is 0.857. The first-order chi connectivity index (χ1) is 9.06. The van der Waals surface area contributed by atoms with E-state index in [4.69, 9.17) is 0 Å². The molecule has 4 nitrogen and oxygen atoms in total. The molecule has 0 aromatic heterocycles. The predicted octanol–water partition coefficient (Wildman–Crippen LogP) is 2.11. The van der Waals surface area contributed by atoms with Crippen LogP contribution < -0.4 is 5.32 Å². The molecule has 1 atom stereocenters. The van der Waals surface area contributed by atoms with E-state index in [0.717, 1.165) is 24.0 Å². The Morgan fingerprint density at radius 1 is 1.53 bits per heavy atom. The maximum absolute atomic E-state index is 12.0. The Bertz CT molecular complexity index is 364. The average Bonchev–Trinajstić information content (AvgIpc) is 2.88. The zero-order valence-electron chi connectivity index (χ0n) is 12.2. The Balaban J connectivity index is 1.87. The average molecular weight is 283 g/mol. The molecule has 2 rings (SSSR count). The number of thioether (sulfide) groups is 1. The van der Waals surface area contributed by atoms with E-state index in [9.17, 15) is 4.79 Å². The highest BCUT2D eigenvalue weighted by Gasteiger charge is 2.36. The number of rotatable bonds is 3. The first kappa shape index (κ1) is 14.7. The molecule has 1 fully saturated rings. The third kappa shape index (κ3) is 3.44. The van der Waals surface area contributed by atoms with Crippen molar-refractivity contribution in [2.75, 3.05) is 25.9 Å². The normalized spacial score (nSPS) is 23.0. The second kappa shape index (κ2) is 6.16. The van der Waals surface area contributed by atoms with Gasteiger partial charge in [-0.1, -0.05) is 24.6 Å². The van der Waals surface area contributed by atoms with Crippen molar-refractivity contribution in [2.45, 2.75) is 45.6 Å². The Kier molecular flexibility index (Phi) is 4.76. The van der Waals surface area contributed by atoms with Crippen LogP contribution in [0.3, 0.4) is 0 Å². The molecule has 1 N–H and O–H groups in total. The number of hydrogen-bond donors (Lipinski definition) is 1. The second-order valence-electron chi connectivity index (χ2n) is 5.84. The summed E-state index contributed by atoms with van der Waals surface area (Å²) in [6.45, 7) is 5.58. The van der Waals surface area contributed by atoms with Crippen molar-refractivity contribution in [3.05, 3.63) is 0 Å². The molecule has 1 aliphatic carbocycles. The van der Waals surface area contributed by atoms with Gasteiger partial charge in [-0.15, -0.1) is 0 Å². The van der Waals surface area contributed by atoms with Crippen molar-refractivity contribution in [3.63, 3.8) is 0 Å². The summed E-state index contributed by atoms with van der Waals surface area (Å²) in [7, 11) is 1.84. The summed E-state index contributed by atoms with van der Waals surface area (Å²) >= 11 is 1.79. The number of nitrogens with one attached hydrogen (secondary N) is 1. The summed E-state index contributed by atoms with van der Waals surface area (Å²) in [6, 6.07) is -0.186. The first-order valence-corrected chi connectivity index (χ1v) is 8.24. The Morgan fingerprint density at radius 2 is 2.21 bits per heavy atom. The van der Waals surface area contributed by atoms with Crippen LogP contribution in [0.2, 0.25) is 0 Å². The summed E-state index contributed by atoms with van der Waals surface area (Å²) in [6.07, 6.45) is 5.36. The van der Waals surface area contributed by atoms with Crippen molar-refractivity contribution in [1.82, 2.24) is 10.2 Å². The molecule has 1 amide bonds. The summed E-state index contributed by atoms with van der Waals surface area (Å²) in [4.78, 5) is 18.4. The van der Waals surface area contributed by atoms with Gasteiger partial charge in [0, 0.05) is 25.9 Å². The SMILES string of the molecule is CCN(C)C(=O)C(C)NC1=NCC2(CCCC2)CS1. The number of carbonyl (C=O) groups is 1. The van der Waals surface area contributed by atoms with Gasteiger partial charge in [-0.2, -0.15) is 0 Å². The minimum atomic E-state index is -0.186. The number of nitrogens with zero attached hydrogens (tertiary/aromatic N) is 2. The van der Waals surface area contributed by atoms with Gasteiger partial charge in [-0.05, 0) is 32.1 Å². The molecule has 1 unspecified atom stereocenters. The van der Waals surface area contributed by atoms with E-state index in [1.54, 1.807) is 16.7 Å². The van der Waals surface area contributed by atoms with Crippen LogP contribution in [0.1, 0.15) is 39.5 Å². The van der Waals surface area contributed by atoms with Gasteiger partial charge in [0.05, 0.1) is 0 Å². The molecule has 5 heteroatoms. The molecule has 1 saturated carbocycles. The van der Waals surface area contributed by atoms with Crippen LogP contribution in [0.25, 0.3) is 0 Å². The molecule has 0 aromatic rings. The summed E-state index contributed by atoms with van der Waals surface area (Å²) in [5.74, 6) is 1.29. The number of amidine groups is 1. The van der Waals surface area contributed by atoms with Crippen LogP contribution in [-0.2, 0) is 4.79 Å². The molecule has 0 bridgehead atoms. The van der Waals surface area contributed by atoms with Crippen molar-refractivity contribution >= 4 is 22.8 Å². The summed E-state index contributed by atoms with van der Waals surface area (Å²) < 4.78 is 0. The molecular weight excluding hydrogens is 258 g/mol. The van der Waals surface area contributed by atoms with Crippen LogP contribution in [0.4, 0.5) is 0 Å². The van der Waals surface area contributed by atoms with Gasteiger partial charge in [0.15, 0.2) is 5.17 Å². The lowest BCUT2D eigenvalue weighted by Crippen LogP contribution is -2.46. The zero-order valence-corrected chi connectivity index (χ0v) is 13.1. The largest absolute Gasteiger partial charge is 0.353 e. The Labute approximate surface area is 120 Å². The minimum absolute atomic E-state index is 0.131. The monoisotopic (exact) mass is 283 g/mol. The maximum Gasteiger partial charge on any atom is 0.244 e. The number of hydrogen-bond acceptors (Lipinski definition) is 4. The summed E-state index contributed by atoms with van der Waals surface area (Å²) in [5.41, 5.74) is 0.462. The molecule has 1 aliphatic heterocycles. The summed E-state index contributed by atoms with van der Waals surface area (Å²) in [5, 5.41) is 4.21. The fourth-order valence-corrected chi connectivity index (χ4v) is 4.04. The number of amides is 1. The van der Waals surface area contributed by atoms with Crippen LogP contribution in [0, 0.1) is 5.41 Å². The quantitative estimate of drug-likeness (QED) is 0.863. The van der Waals surface area contributed by atoms with Crippen molar-refractivity contribution in [3.8, 4) is 0 Å².